The molecule has 2 rings (SSSR count). The van der Waals surface area contributed by atoms with Crippen molar-refractivity contribution in [1.29, 1.82) is 0 Å². The van der Waals surface area contributed by atoms with E-state index in [0.29, 0.717) is 12.0 Å². The average Bonchev–Trinajstić information content (AvgIpc) is 2.96. The summed E-state index contributed by atoms with van der Waals surface area (Å²) in [5, 5.41) is 0. The first-order chi connectivity index (χ1) is 10.1. The Morgan fingerprint density at radius 1 is 1.14 bits per heavy atom. The molecule has 0 atom stereocenters. The Kier molecular flexibility index (Phi) is 5.59. The van der Waals surface area contributed by atoms with Crippen LogP contribution in [-0.2, 0) is 0 Å². The number of nitrogens with two attached hydrogens (primary N) is 1. The minimum absolute atomic E-state index is 0.322. The summed E-state index contributed by atoms with van der Waals surface area (Å²) in [6, 6.07) is 0.357. The van der Waals surface area contributed by atoms with E-state index in [2.05, 4.69) is 45.5 Å². The van der Waals surface area contributed by atoms with Gasteiger partial charge in [0.15, 0.2) is 0 Å². The van der Waals surface area contributed by atoms with Gasteiger partial charge in [0, 0.05) is 25.7 Å². The predicted octanol–water partition coefficient (Wildman–Crippen LogP) is 2.46. The first kappa shape index (κ1) is 15.8. The first-order valence-corrected chi connectivity index (χ1v) is 8.15. The molecule has 118 valence electrons. The maximum absolute atomic E-state index is 5.90. The zero-order chi connectivity index (χ0) is 15.2. The van der Waals surface area contributed by atoms with Crippen LogP contribution in [0.25, 0.3) is 0 Å². The van der Waals surface area contributed by atoms with Crippen molar-refractivity contribution in [2.75, 3.05) is 35.2 Å². The standard InChI is InChI=1S/C15H28N6/c1-4-5-6-11-21(12(2)3)15-18-13(16)17-14(19-15)20-9-7-8-10-20/h12H,4-11H2,1-3H3,(H2,16,17,18,19). The fraction of sp³-hybridized carbons (Fsp3) is 0.800. The summed E-state index contributed by atoms with van der Waals surface area (Å²) in [6.45, 7) is 9.55. The fourth-order valence-corrected chi connectivity index (χ4v) is 2.68. The van der Waals surface area contributed by atoms with Gasteiger partial charge in [0.25, 0.3) is 0 Å². The van der Waals surface area contributed by atoms with Crippen molar-refractivity contribution < 1.29 is 0 Å². The van der Waals surface area contributed by atoms with Crippen molar-refractivity contribution in [3.63, 3.8) is 0 Å². The molecule has 1 aromatic heterocycles. The van der Waals surface area contributed by atoms with Gasteiger partial charge >= 0.3 is 0 Å². The molecule has 0 spiro atoms. The number of nitrogens with zero attached hydrogens (tertiary/aromatic N) is 5. The summed E-state index contributed by atoms with van der Waals surface area (Å²) in [4.78, 5) is 17.8. The van der Waals surface area contributed by atoms with Crippen LogP contribution < -0.4 is 15.5 Å². The molecule has 0 unspecified atom stereocenters. The highest BCUT2D eigenvalue weighted by Gasteiger charge is 2.20. The quantitative estimate of drug-likeness (QED) is 0.778. The Morgan fingerprint density at radius 2 is 1.86 bits per heavy atom. The van der Waals surface area contributed by atoms with Crippen LogP contribution in [0.15, 0.2) is 0 Å². The summed E-state index contributed by atoms with van der Waals surface area (Å²) >= 11 is 0. The monoisotopic (exact) mass is 292 g/mol. The van der Waals surface area contributed by atoms with Crippen LogP contribution >= 0.6 is 0 Å². The molecule has 0 bridgehead atoms. The highest BCUT2D eigenvalue weighted by molar-refractivity contribution is 5.44. The van der Waals surface area contributed by atoms with Gasteiger partial charge in [0.05, 0.1) is 0 Å². The Labute approximate surface area is 127 Å². The SMILES string of the molecule is CCCCCN(c1nc(N)nc(N2CCCC2)n1)C(C)C. The molecule has 0 saturated carbocycles. The molecule has 1 fully saturated rings. The van der Waals surface area contributed by atoms with Crippen molar-refractivity contribution >= 4 is 17.8 Å². The molecule has 0 aromatic carbocycles. The van der Waals surface area contributed by atoms with Crippen LogP contribution in [0.5, 0.6) is 0 Å². The Bertz CT molecular complexity index is 442. The number of hydrogen-bond acceptors (Lipinski definition) is 6. The Morgan fingerprint density at radius 3 is 2.48 bits per heavy atom. The van der Waals surface area contributed by atoms with Gasteiger partial charge in [-0.1, -0.05) is 19.8 Å². The molecule has 21 heavy (non-hydrogen) atoms. The van der Waals surface area contributed by atoms with E-state index >= 15 is 0 Å². The van der Waals surface area contributed by atoms with Crippen molar-refractivity contribution in [2.45, 2.75) is 58.9 Å². The van der Waals surface area contributed by atoms with Gasteiger partial charge < -0.3 is 15.5 Å². The van der Waals surface area contributed by atoms with E-state index < -0.39 is 0 Å². The maximum Gasteiger partial charge on any atom is 0.232 e. The molecule has 6 nitrogen and oxygen atoms in total. The van der Waals surface area contributed by atoms with E-state index in [0.717, 1.165) is 38.0 Å². The maximum atomic E-state index is 5.90. The Balaban J connectivity index is 2.18. The first-order valence-electron chi connectivity index (χ1n) is 8.15. The van der Waals surface area contributed by atoms with Crippen LogP contribution in [-0.4, -0.2) is 40.6 Å². The lowest BCUT2D eigenvalue weighted by molar-refractivity contribution is 0.611. The zero-order valence-electron chi connectivity index (χ0n) is 13.5. The lowest BCUT2D eigenvalue weighted by atomic mass is 10.2. The van der Waals surface area contributed by atoms with Crippen LogP contribution in [0, 0.1) is 0 Å². The number of aromatic nitrogens is 3. The summed E-state index contributed by atoms with van der Waals surface area (Å²) in [5.41, 5.74) is 5.90. The highest BCUT2D eigenvalue weighted by Crippen LogP contribution is 2.21. The third kappa shape index (κ3) is 4.19. The zero-order valence-corrected chi connectivity index (χ0v) is 13.5. The van der Waals surface area contributed by atoms with Crippen molar-refractivity contribution in [1.82, 2.24) is 15.0 Å². The molecule has 0 radical (unpaired) electrons. The number of nitrogen functional groups attached to an aromatic ring is 1. The molecular weight excluding hydrogens is 264 g/mol. The number of hydrogen-bond donors (Lipinski definition) is 1. The number of unbranched alkanes of at least 4 members (excludes halogenated alkanes) is 2. The third-order valence-corrected chi connectivity index (χ3v) is 3.90. The van der Waals surface area contributed by atoms with Crippen LogP contribution in [0.3, 0.4) is 0 Å². The molecule has 2 N–H and O–H groups in total. The largest absolute Gasteiger partial charge is 0.368 e. The van der Waals surface area contributed by atoms with Gasteiger partial charge in [0.2, 0.25) is 17.8 Å². The summed E-state index contributed by atoms with van der Waals surface area (Å²) in [6.07, 6.45) is 5.99. The summed E-state index contributed by atoms with van der Waals surface area (Å²) in [5.74, 6) is 1.77. The molecule has 6 heteroatoms. The molecule has 1 saturated heterocycles. The molecule has 1 aromatic rings. The van der Waals surface area contributed by atoms with Gasteiger partial charge in [-0.15, -0.1) is 0 Å². The van der Waals surface area contributed by atoms with Crippen molar-refractivity contribution in [3.05, 3.63) is 0 Å². The van der Waals surface area contributed by atoms with E-state index in [-0.39, 0.29) is 0 Å². The van der Waals surface area contributed by atoms with E-state index in [1.165, 1.54) is 25.7 Å². The Hall–Kier alpha value is -1.59. The smallest absolute Gasteiger partial charge is 0.232 e. The molecule has 2 heterocycles. The lowest BCUT2D eigenvalue weighted by Gasteiger charge is -2.27. The van der Waals surface area contributed by atoms with Crippen LogP contribution in [0.4, 0.5) is 17.8 Å². The topological polar surface area (TPSA) is 71.2 Å². The van der Waals surface area contributed by atoms with Crippen molar-refractivity contribution in [3.8, 4) is 0 Å². The highest BCUT2D eigenvalue weighted by atomic mass is 15.4. The minimum Gasteiger partial charge on any atom is -0.368 e. The third-order valence-electron chi connectivity index (χ3n) is 3.90. The van der Waals surface area contributed by atoms with Crippen LogP contribution in [0.1, 0.15) is 52.9 Å². The van der Waals surface area contributed by atoms with Gasteiger partial charge in [-0.2, -0.15) is 15.0 Å². The van der Waals surface area contributed by atoms with Gasteiger partial charge in [-0.3, -0.25) is 0 Å². The minimum atomic E-state index is 0.322. The van der Waals surface area contributed by atoms with Crippen LogP contribution in [0.2, 0.25) is 0 Å². The molecule has 0 amide bonds. The fourth-order valence-electron chi connectivity index (χ4n) is 2.68. The van der Waals surface area contributed by atoms with E-state index in [4.69, 9.17) is 5.73 Å². The van der Waals surface area contributed by atoms with Gasteiger partial charge in [0.1, 0.15) is 0 Å². The summed E-state index contributed by atoms with van der Waals surface area (Å²) < 4.78 is 0. The normalized spacial score (nSPS) is 15.0. The molecule has 1 aliphatic heterocycles. The molecular formula is C15H28N6. The van der Waals surface area contributed by atoms with E-state index in [1.54, 1.807) is 0 Å². The number of rotatable bonds is 7. The predicted molar refractivity (Wildman–Crippen MR) is 87.7 cm³/mol. The summed E-state index contributed by atoms with van der Waals surface area (Å²) in [7, 11) is 0. The van der Waals surface area contributed by atoms with E-state index in [1.807, 2.05) is 0 Å². The second-order valence-corrected chi connectivity index (χ2v) is 5.98. The lowest BCUT2D eigenvalue weighted by Crippen LogP contribution is -2.34. The average molecular weight is 292 g/mol. The van der Waals surface area contributed by atoms with Gasteiger partial charge in [-0.25, -0.2) is 0 Å². The van der Waals surface area contributed by atoms with E-state index in [9.17, 15) is 0 Å². The number of anilines is 3. The van der Waals surface area contributed by atoms with Gasteiger partial charge in [-0.05, 0) is 33.1 Å². The second-order valence-electron chi connectivity index (χ2n) is 5.98. The molecule has 1 aliphatic rings. The molecule has 0 aliphatic carbocycles. The second kappa shape index (κ2) is 7.43. The van der Waals surface area contributed by atoms with Crippen molar-refractivity contribution in [2.24, 2.45) is 0 Å².